The van der Waals surface area contributed by atoms with Crippen molar-refractivity contribution in [3.63, 3.8) is 0 Å². The van der Waals surface area contributed by atoms with Gasteiger partial charge in [0.25, 0.3) is 5.56 Å². The van der Waals surface area contributed by atoms with Crippen LogP contribution in [0.2, 0.25) is 10.0 Å². The van der Waals surface area contributed by atoms with Gasteiger partial charge < -0.3 is 30.7 Å². The Morgan fingerprint density at radius 1 is 1.02 bits per heavy atom. The van der Waals surface area contributed by atoms with E-state index in [0.717, 1.165) is 6.42 Å². The molecule has 2 aliphatic rings. The van der Waals surface area contributed by atoms with Crippen molar-refractivity contribution < 1.29 is 24.2 Å². The molecule has 54 heavy (non-hydrogen) atoms. The second-order valence-electron chi connectivity index (χ2n) is 13.3. The number of halogens is 2. The summed E-state index contributed by atoms with van der Waals surface area (Å²) in [6.45, 7) is 1.05. The summed E-state index contributed by atoms with van der Waals surface area (Å²) in [7, 11) is 3.13. The van der Waals surface area contributed by atoms with E-state index >= 15 is 0 Å². The van der Waals surface area contributed by atoms with Crippen molar-refractivity contribution >= 4 is 46.6 Å². The number of fused-ring (bicyclic) bond motifs is 1. The van der Waals surface area contributed by atoms with Gasteiger partial charge in [-0.3, -0.25) is 23.9 Å². The molecule has 5 aromatic rings. The van der Waals surface area contributed by atoms with Gasteiger partial charge in [-0.15, -0.1) is 0 Å². The number of hydrogen-bond donors (Lipinski definition) is 4. The van der Waals surface area contributed by atoms with Crippen molar-refractivity contribution in [2.45, 2.75) is 50.9 Å². The maximum atomic E-state index is 13.4. The van der Waals surface area contributed by atoms with Crippen LogP contribution in [0.5, 0.6) is 5.88 Å². The Morgan fingerprint density at radius 2 is 1.74 bits per heavy atom. The van der Waals surface area contributed by atoms with Crippen LogP contribution in [-0.4, -0.2) is 84.3 Å². The summed E-state index contributed by atoms with van der Waals surface area (Å²) in [5, 5.41) is 24.2. The second kappa shape index (κ2) is 15.5. The van der Waals surface area contributed by atoms with Crippen molar-refractivity contribution in [3.8, 4) is 39.5 Å². The van der Waals surface area contributed by atoms with Crippen LogP contribution >= 0.6 is 23.2 Å². The smallest absolute Gasteiger partial charge is 0.407 e. The van der Waals surface area contributed by atoms with Crippen molar-refractivity contribution in [2.24, 2.45) is 7.05 Å². The third-order valence-corrected chi connectivity index (χ3v) is 10.5. The number of carbonyl (C=O) groups is 3. The van der Waals surface area contributed by atoms with Crippen LogP contribution in [0, 0.1) is 0 Å². The van der Waals surface area contributed by atoms with Gasteiger partial charge in [-0.25, -0.2) is 14.3 Å². The minimum absolute atomic E-state index is 0.0114. The molecule has 3 amide bonds. The molecule has 4 aromatic heterocycles. The monoisotopic (exact) mass is 773 g/mol. The number of hydrogen-bond acceptors (Lipinski definition) is 9. The van der Waals surface area contributed by atoms with Crippen LogP contribution in [0.3, 0.4) is 0 Å². The zero-order chi connectivity index (χ0) is 38.1. The predicted octanol–water partition coefficient (Wildman–Crippen LogP) is 4.27. The van der Waals surface area contributed by atoms with E-state index in [1.54, 1.807) is 43.7 Å². The summed E-state index contributed by atoms with van der Waals surface area (Å²) in [6.07, 6.45) is 4.42. The normalized spacial score (nSPS) is 16.8. The Balaban J connectivity index is 1.14. The van der Waals surface area contributed by atoms with Crippen LogP contribution in [0.15, 0.2) is 59.7 Å². The van der Waals surface area contributed by atoms with E-state index in [4.69, 9.17) is 27.9 Å². The van der Waals surface area contributed by atoms with Crippen molar-refractivity contribution in [2.75, 3.05) is 20.2 Å². The molecule has 0 bridgehead atoms. The lowest BCUT2D eigenvalue weighted by Crippen LogP contribution is -2.41. The van der Waals surface area contributed by atoms with Crippen LogP contribution in [0.4, 0.5) is 4.79 Å². The van der Waals surface area contributed by atoms with Crippen molar-refractivity contribution in [1.29, 1.82) is 0 Å². The number of ether oxygens (including phenoxy) is 1. The average molecular weight is 775 g/mol. The molecule has 2 atom stereocenters. The summed E-state index contributed by atoms with van der Waals surface area (Å²) in [4.78, 5) is 59.1. The first kappa shape index (κ1) is 36.8. The standard InChI is InChI=1S/C37H37Cl2N9O6/c1-46-29(16-40-15-22-7-10-30(49)42-22)45-48-18-21(14-28(48)36(46)51)34-33(39)25(12-13-41-34)24-4-3-5-26(32(24)38)27-9-6-20(35(44-27)54-2)17-47(37(52)53)19-23-8-11-31(50)43-23/h3-6,9,12-14,18,22-23,40H,7-8,10-11,15-17,19H2,1-2H3,(H,42,49)(H,43,50)(H,52,53). The number of aromatic nitrogens is 5. The first-order valence-corrected chi connectivity index (χ1v) is 18.1. The molecule has 15 nitrogen and oxygen atoms in total. The molecule has 6 heterocycles. The second-order valence-corrected chi connectivity index (χ2v) is 14.0. The quantitative estimate of drug-likeness (QED) is 0.143. The van der Waals surface area contributed by atoms with E-state index < -0.39 is 6.09 Å². The number of methoxy groups -OCH3 is 1. The summed E-state index contributed by atoms with van der Waals surface area (Å²) in [5.41, 5.74) is 4.00. The first-order valence-electron chi connectivity index (χ1n) is 17.3. The average Bonchev–Trinajstić information content (AvgIpc) is 3.90. The van der Waals surface area contributed by atoms with Crippen LogP contribution in [0.1, 0.15) is 37.1 Å². The number of amides is 3. The molecular weight excluding hydrogens is 737 g/mol. The number of carbonyl (C=O) groups excluding carboxylic acids is 2. The van der Waals surface area contributed by atoms with E-state index in [-0.39, 0.29) is 48.4 Å². The Hall–Kier alpha value is -5.51. The molecule has 17 heteroatoms. The molecule has 7 rings (SSSR count). The zero-order valence-electron chi connectivity index (χ0n) is 29.4. The van der Waals surface area contributed by atoms with Gasteiger partial charge in [0.15, 0.2) is 0 Å². The molecule has 2 unspecified atom stereocenters. The maximum Gasteiger partial charge on any atom is 0.407 e. The first-order chi connectivity index (χ1) is 26.0. The van der Waals surface area contributed by atoms with Crippen molar-refractivity contribution in [3.05, 3.63) is 86.6 Å². The van der Waals surface area contributed by atoms with E-state index in [0.29, 0.717) is 92.9 Å². The fourth-order valence-corrected chi connectivity index (χ4v) is 7.50. The van der Waals surface area contributed by atoms with Gasteiger partial charge in [0, 0.05) is 85.3 Å². The number of nitrogens with zero attached hydrogens (tertiary/aromatic N) is 6. The zero-order valence-corrected chi connectivity index (χ0v) is 30.9. The number of nitrogens with one attached hydrogen (secondary N) is 3. The highest BCUT2D eigenvalue weighted by Gasteiger charge is 2.27. The molecule has 280 valence electrons. The van der Waals surface area contributed by atoms with E-state index in [9.17, 15) is 24.3 Å². The highest BCUT2D eigenvalue weighted by atomic mass is 35.5. The number of benzene rings is 1. The lowest BCUT2D eigenvalue weighted by molar-refractivity contribution is -0.120. The van der Waals surface area contributed by atoms with Gasteiger partial charge in [-0.05, 0) is 37.1 Å². The summed E-state index contributed by atoms with van der Waals surface area (Å²) in [6, 6.07) is 12.2. The van der Waals surface area contributed by atoms with Gasteiger partial charge in [0.05, 0.1) is 41.6 Å². The fourth-order valence-electron chi connectivity index (χ4n) is 6.85. The number of pyridine rings is 2. The largest absolute Gasteiger partial charge is 0.481 e. The molecular formula is C37H37Cl2N9O6. The molecule has 0 spiro atoms. The predicted molar refractivity (Wildman–Crippen MR) is 201 cm³/mol. The van der Waals surface area contributed by atoms with Crippen LogP contribution in [-0.2, 0) is 29.7 Å². The molecule has 2 saturated heterocycles. The molecule has 0 saturated carbocycles. The topological polar surface area (TPSA) is 185 Å². The minimum atomic E-state index is -1.12. The summed E-state index contributed by atoms with van der Waals surface area (Å²) < 4.78 is 8.60. The Morgan fingerprint density at radius 3 is 2.44 bits per heavy atom. The van der Waals surface area contributed by atoms with Gasteiger partial charge in [0.2, 0.25) is 17.7 Å². The van der Waals surface area contributed by atoms with Gasteiger partial charge >= 0.3 is 6.09 Å². The number of carboxylic acid groups (broad SMARTS) is 1. The van der Waals surface area contributed by atoms with E-state index in [2.05, 4.69) is 31.0 Å². The van der Waals surface area contributed by atoms with Crippen LogP contribution < -0.4 is 26.2 Å². The summed E-state index contributed by atoms with van der Waals surface area (Å²) >= 11 is 14.1. The van der Waals surface area contributed by atoms with Gasteiger partial charge in [0.1, 0.15) is 11.3 Å². The molecule has 4 N–H and O–H groups in total. The molecule has 1 aromatic carbocycles. The highest BCUT2D eigenvalue weighted by Crippen LogP contribution is 2.42. The molecule has 2 fully saturated rings. The van der Waals surface area contributed by atoms with Gasteiger partial charge in [-0.2, -0.15) is 5.10 Å². The third kappa shape index (κ3) is 7.47. The third-order valence-electron chi connectivity index (χ3n) is 9.71. The maximum absolute atomic E-state index is 13.4. The minimum Gasteiger partial charge on any atom is -0.481 e. The van der Waals surface area contributed by atoms with E-state index in [1.165, 1.54) is 21.1 Å². The molecule has 0 aliphatic carbocycles. The highest BCUT2D eigenvalue weighted by molar-refractivity contribution is 6.39. The van der Waals surface area contributed by atoms with Gasteiger partial charge in [-0.1, -0.05) is 41.4 Å². The Labute approximate surface area is 319 Å². The SMILES string of the molecule is COc1nc(-c2cccc(-c3ccnc(-c4cc5c(=O)n(C)c(CNCC6CCC(=O)N6)nn5c4)c3Cl)c2Cl)ccc1CN(CC1CCC(=O)N1)C(=O)O. The molecule has 0 radical (unpaired) electrons. The lowest BCUT2D eigenvalue weighted by Gasteiger charge is -2.23. The Bertz CT molecular complexity index is 2350. The lowest BCUT2D eigenvalue weighted by atomic mass is 10.00. The number of rotatable bonds is 12. The van der Waals surface area contributed by atoms with Crippen molar-refractivity contribution in [1.82, 2.24) is 45.0 Å². The molecule has 2 aliphatic heterocycles. The van der Waals surface area contributed by atoms with Crippen LogP contribution in [0.25, 0.3) is 39.2 Å². The van der Waals surface area contributed by atoms with E-state index in [1.807, 2.05) is 18.2 Å². The fraction of sp³-hybridized carbons (Fsp3) is 0.324. The summed E-state index contributed by atoms with van der Waals surface area (Å²) in [5.74, 6) is 0.710. The Kier molecular flexibility index (Phi) is 10.5.